The third kappa shape index (κ3) is 2.20. The smallest absolute Gasteiger partial charge is 0.0862 e. The maximum Gasteiger partial charge on any atom is 0.0862 e. The van der Waals surface area contributed by atoms with Crippen LogP contribution in [0.1, 0.15) is 12.0 Å². The summed E-state index contributed by atoms with van der Waals surface area (Å²) < 4.78 is 0. The van der Waals surface area contributed by atoms with E-state index in [-0.39, 0.29) is 6.61 Å². The van der Waals surface area contributed by atoms with Crippen molar-refractivity contribution in [1.29, 1.82) is 0 Å². The predicted molar refractivity (Wildman–Crippen MR) is 45.6 cm³/mol. The molecular weight excluding hydrogens is 136 g/mol. The topological polar surface area (TPSA) is 19.9 Å². The van der Waals surface area contributed by atoms with Crippen LogP contribution in [0.3, 0.4) is 0 Å². The van der Waals surface area contributed by atoms with Crippen molar-refractivity contribution in [2.75, 3.05) is 6.61 Å². The van der Waals surface area contributed by atoms with Gasteiger partial charge in [-0.25, -0.2) is 5.11 Å². The minimum absolute atomic E-state index is 0.0757. The summed E-state index contributed by atoms with van der Waals surface area (Å²) in [5.41, 5.74) is 2.00. The highest BCUT2D eigenvalue weighted by Gasteiger charge is 1.95. The molecule has 1 nitrogen and oxygen atoms in total. The lowest BCUT2D eigenvalue weighted by molar-refractivity contribution is 0.201. The lowest BCUT2D eigenvalue weighted by Gasteiger charge is -2.00. The molecule has 0 N–H and O–H groups in total. The summed E-state index contributed by atoms with van der Waals surface area (Å²) in [7, 11) is 0. The van der Waals surface area contributed by atoms with Gasteiger partial charge in [0.05, 0.1) is 6.61 Å². The number of hydrogen-bond acceptors (Lipinski definition) is 0. The van der Waals surface area contributed by atoms with Crippen molar-refractivity contribution in [2.45, 2.75) is 6.42 Å². The third-order valence-corrected chi connectivity index (χ3v) is 1.59. The molecule has 1 aromatic rings. The first-order valence-corrected chi connectivity index (χ1v) is 3.66. The molecule has 1 aromatic carbocycles. The second kappa shape index (κ2) is 3.94. The van der Waals surface area contributed by atoms with Gasteiger partial charge in [0, 0.05) is 0 Å². The Hall–Kier alpha value is -1.08. The molecule has 0 saturated carbocycles. The highest BCUT2D eigenvalue weighted by molar-refractivity contribution is 5.62. The molecule has 0 heterocycles. The van der Waals surface area contributed by atoms with E-state index in [4.69, 9.17) is 0 Å². The Morgan fingerprint density at radius 2 is 1.91 bits per heavy atom. The first-order valence-electron chi connectivity index (χ1n) is 3.66. The Labute approximate surface area is 67.0 Å². The van der Waals surface area contributed by atoms with Gasteiger partial charge in [-0.15, -0.1) is 0 Å². The van der Waals surface area contributed by atoms with Crippen LogP contribution in [-0.2, 0) is 5.11 Å². The zero-order valence-corrected chi connectivity index (χ0v) is 6.42. The Kier molecular flexibility index (Phi) is 2.87. The van der Waals surface area contributed by atoms with Crippen molar-refractivity contribution in [3.63, 3.8) is 0 Å². The van der Waals surface area contributed by atoms with E-state index >= 15 is 0 Å². The largest absolute Gasteiger partial charge is 0.236 e. The van der Waals surface area contributed by atoms with Gasteiger partial charge in [0.15, 0.2) is 0 Å². The summed E-state index contributed by atoms with van der Waals surface area (Å²) in [6.07, 6.45) is 0.546. The highest BCUT2D eigenvalue weighted by atomic mass is 16.2. The fourth-order valence-electron chi connectivity index (χ4n) is 0.941. The van der Waals surface area contributed by atoms with Crippen LogP contribution >= 0.6 is 0 Å². The normalized spacial score (nSPS) is 9.55. The van der Waals surface area contributed by atoms with Crippen molar-refractivity contribution in [3.05, 3.63) is 42.5 Å². The van der Waals surface area contributed by atoms with Gasteiger partial charge >= 0.3 is 0 Å². The van der Waals surface area contributed by atoms with Gasteiger partial charge in [0.25, 0.3) is 0 Å². The Balaban J connectivity index is 2.69. The van der Waals surface area contributed by atoms with Crippen molar-refractivity contribution in [3.8, 4) is 0 Å². The van der Waals surface area contributed by atoms with E-state index in [0.717, 1.165) is 11.1 Å². The zero-order valence-electron chi connectivity index (χ0n) is 6.42. The van der Waals surface area contributed by atoms with Gasteiger partial charge in [0.2, 0.25) is 0 Å². The molecule has 57 valence electrons. The fourth-order valence-corrected chi connectivity index (χ4v) is 0.941. The molecule has 0 aliphatic carbocycles. The fraction of sp³-hybridized carbons (Fsp3) is 0.200. The quantitative estimate of drug-likeness (QED) is 0.626. The van der Waals surface area contributed by atoms with E-state index in [1.54, 1.807) is 0 Å². The molecule has 0 bridgehead atoms. The maximum absolute atomic E-state index is 10.3. The van der Waals surface area contributed by atoms with Crippen LogP contribution in [0.15, 0.2) is 36.9 Å². The molecular formula is C10H11O. The monoisotopic (exact) mass is 147 g/mol. The predicted octanol–water partition coefficient (Wildman–Crippen LogP) is 2.52. The lowest BCUT2D eigenvalue weighted by Crippen LogP contribution is -1.85. The summed E-state index contributed by atoms with van der Waals surface area (Å²) >= 11 is 0. The Morgan fingerprint density at radius 3 is 2.45 bits per heavy atom. The lowest BCUT2D eigenvalue weighted by atomic mass is 10.1. The van der Waals surface area contributed by atoms with E-state index in [9.17, 15) is 5.11 Å². The van der Waals surface area contributed by atoms with E-state index in [1.807, 2.05) is 30.3 Å². The van der Waals surface area contributed by atoms with Crippen LogP contribution in [0.5, 0.6) is 0 Å². The summed E-state index contributed by atoms with van der Waals surface area (Å²) in [6, 6.07) is 9.79. The molecule has 1 rings (SSSR count). The van der Waals surface area contributed by atoms with Crippen molar-refractivity contribution < 1.29 is 5.11 Å². The van der Waals surface area contributed by atoms with Gasteiger partial charge < -0.3 is 0 Å². The van der Waals surface area contributed by atoms with Gasteiger partial charge in [-0.2, -0.15) is 0 Å². The van der Waals surface area contributed by atoms with Crippen LogP contribution in [0.2, 0.25) is 0 Å². The number of benzene rings is 1. The second-order valence-corrected chi connectivity index (χ2v) is 2.42. The van der Waals surface area contributed by atoms with Crippen LogP contribution in [0, 0.1) is 0 Å². The van der Waals surface area contributed by atoms with E-state index in [0.29, 0.717) is 6.42 Å². The highest BCUT2D eigenvalue weighted by Crippen LogP contribution is 2.14. The van der Waals surface area contributed by atoms with Gasteiger partial charge in [-0.05, 0) is 17.6 Å². The van der Waals surface area contributed by atoms with Crippen molar-refractivity contribution in [1.82, 2.24) is 0 Å². The minimum Gasteiger partial charge on any atom is -0.236 e. The summed E-state index contributed by atoms with van der Waals surface area (Å²) in [4.78, 5) is 0. The molecule has 0 aliphatic rings. The van der Waals surface area contributed by atoms with Gasteiger partial charge in [0.1, 0.15) is 0 Å². The molecule has 0 fully saturated rings. The van der Waals surface area contributed by atoms with Gasteiger partial charge in [-0.3, -0.25) is 0 Å². The molecule has 0 atom stereocenters. The zero-order chi connectivity index (χ0) is 8.10. The first-order chi connectivity index (χ1) is 5.34. The minimum atomic E-state index is -0.0757. The maximum atomic E-state index is 10.3. The molecule has 0 saturated heterocycles. The standard InChI is InChI=1S/C10H11O/c1-9(7-8-11)10-5-3-2-4-6-10/h2-6H,1,7-8H2. The molecule has 0 aliphatic heterocycles. The summed E-state index contributed by atoms with van der Waals surface area (Å²) in [5, 5.41) is 10.3. The van der Waals surface area contributed by atoms with E-state index < -0.39 is 0 Å². The van der Waals surface area contributed by atoms with Crippen molar-refractivity contribution in [2.24, 2.45) is 0 Å². The average Bonchev–Trinajstić information content (AvgIpc) is 2.07. The molecule has 1 heteroatoms. The SMILES string of the molecule is C=C(CC[O])c1ccccc1. The summed E-state index contributed by atoms with van der Waals surface area (Å²) in [6.45, 7) is 3.74. The molecule has 0 unspecified atom stereocenters. The van der Waals surface area contributed by atoms with Crippen molar-refractivity contribution >= 4 is 5.57 Å². The Bertz CT molecular complexity index is 226. The third-order valence-electron chi connectivity index (χ3n) is 1.59. The van der Waals surface area contributed by atoms with Gasteiger partial charge in [-0.1, -0.05) is 36.9 Å². The summed E-state index contributed by atoms with van der Waals surface area (Å²) in [5.74, 6) is 0. The van der Waals surface area contributed by atoms with E-state index in [1.165, 1.54) is 0 Å². The molecule has 0 spiro atoms. The van der Waals surface area contributed by atoms with Crippen LogP contribution < -0.4 is 0 Å². The van der Waals surface area contributed by atoms with Crippen LogP contribution in [0.4, 0.5) is 0 Å². The molecule has 1 radical (unpaired) electrons. The molecule has 11 heavy (non-hydrogen) atoms. The molecule has 0 aromatic heterocycles. The Morgan fingerprint density at radius 1 is 1.27 bits per heavy atom. The second-order valence-electron chi connectivity index (χ2n) is 2.42. The number of rotatable bonds is 3. The average molecular weight is 147 g/mol. The van der Waals surface area contributed by atoms with E-state index in [2.05, 4.69) is 6.58 Å². The van der Waals surface area contributed by atoms with Crippen LogP contribution in [-0.4, -0.2) is 6.61 Å². The van der Waals surface area contributed by atoms with Crippen LogP contribution in [0.25, 0.3) is 5.57 Å². The first kappa shape index (κ1) is 8.02. The number of hydrogen-bond donors (Lipinski definition) is 0. The molecule has 0 amide bonds.